The van der Waals surface area contributed by atoms with Crippen LogP contribution in [0.4, 0.5) is 0 Å². The van der Waals surface area contributed by atoms with E-state index in [1.165, 1.54) is 0 Å². The van der Waals surface area contributed by atoms with Crippen LogP contribution < -0.4 is 5.73 Å². The van der Waals surface area contributed by atoms with Crippen LogP contribution in [-0.4, -0.2) is 49.8 Å². The van der Waals surface area contributed by atoms with Crippen LogP contribution in [0.5, 0.6) is 0 Å². The van der Waals surface area contributed by atoms with Crippen molar-refractivity contribution >= 4 is 10.0 Å². The summed E-state index contributed by atoms with van der Waals surface area (Å²) in [4.78, 5) is 2.69. The molecule has 6 heteroatoms. The van der Waals surface area contributed by atoms with Crippen molar-refractivity contribution in [3.8, 4) is 0 Å². The third-order valence-electron chi connectivity index (χ3n) is 4.11. The molecule has 0 aromatic heterocycles. The molecule has 0 bridgehead atoms. The van der Waals surface area contributed by atoms with Crippen molar-refractivity contribution in [1.29, 1.82) is 0 Å². The van der Waals surface area contributed by atoms with E-state index in [0.717, 1.165) is 24.2 Å². The summed E-state index contributed by atoms with van der Waals surface area (Å²) in [5, 5.41) is 0. The highest BCUT2D eigenvalue weighted by atomic mass is 32.2. The van der Waals surface area contributed by atoms with Crippen LogP contribution in [0.25, 0.3) is 0 Å². The lowest BCUT2D eigenvalue weighted by Crippen LogP contribution is -2.50. The summed E-state index contributed by atoms with van der Waals surface area (Å²) in [6.07, 6.45) is 0. The normalized spacial score (nSPS) is 18.3. The molecule has 21 heavy (non-hydrogen) atoms. The van der Waals surface area contributed by atoms with E-state index in [1.807, 2.05) is 19.1 Å². The van der Waals surface area contributed by atoms with Crippen LogP contribution in [0.3, 0.4) is 0 Å². The van der Waals surface area contributed by atoms with Crippen molar-refractivity contribution < 1.29 is 8.42 Å². The van der Waals surface area contributed by atoms with E-state index in [1.54, 1.807) is 10.4 Å². The predicted molar refractivity (Wildman–Crippen MR) is 84.5 cm³/mol. The van der Waals surface area contributed by atoms with Gasteiger partial charge < -0.3 is 5.73 Å². The molecule has 0 spiro atoms. The molecular formula is C15H25N3O2S. The largest absolute Gasteiger partial charge is 0.326 e. The Morgan fingerprint density at radius 3 is 2.33 bits per heavy atom. The molecule has 0 atom stereocenters. The lowest BCUT2D eigenvalue weighted by Gasteiger charge is -2.36. The maximum atomic E-state index is 12.8. The Hall–Kier alpha value is -0.950. The number of hydrogen-bond donors (Lipinski definition) is 1. The van der Waals surface area contributed by atoms with Gasteiger partial charge in [0.25, 0.3) is 0 Å². The third-order valence-corrected chi connectivity index (χ3v) is 6.15. The molecule has 1 aromatic carbocycles. The number of hydrogen-bond acceptors (Lipinski definition) is 4. The van der Waals surface area contributed by atoms with Gasteiger partial charge >= 0.3 is 0 Å². The second kappa shape index (κ2) is 6.44. The van der Waals surface area contributed by atoms with Gasteiger partial charge in [0.2, 0.25) is 10.0 Å². The summed E-state index contributed by atoms with van der Waals surface area (Å²) < 4.78 is 27.2. The molecule has 0 amide bonds. The Kier molecular flexibility index (Phi) is 5.03. The summed E-state index contributed by atoms with van der Waals surface area (Å²) in [6.45, 7) is 9.12. The Labute approximate surface area is 127 Å². The molecule has 0 unspecified atom stereocenters. The number of rotatable bonds is 4. The van der Waals surface area contributed by atoms with E-state index in [0.29, 0.717) is 30.6 Å². The SMILES string of the molecule is Cc1ccc(CN)cc1S(=O)(=O)N1CCN(C(C)C)CC1. The molecule has 1 aliphatic rings. The summed E-state index contributed by atoms with van der Waals surface area (Å²) >= 11 is 0. The molecule has 1 fully saturated rings. The molecule has 118 valence electrons. The number of benzene rings is 1. The van der Waals surface area contributed by atoms with Crippen molar-refractivity contribution in [2.45, 2.75) is 38.3 Å². The van der Waals surface area contributed by atoms with Gasteiger partial charge in [-0.1, -0.05) is 12.1 Å². The number of nitrogens with zero attached hydrogens (tertiary/aromatic N) is 2. The van der Waals surface area contributed by atoms with E-state index in [9.17, 15) is 8.42 Å². The lowest BCUT2D eigenvalue weighted by molar-refractivity contribution is 0.154. The smallest absolute Gasteiger partial charge is 0.243 e. The predicted octanol–water partition coefficient (Wildman–Crippen LogP) is 1.17. The van der Waals surface area contributed by atoms with Crippen molar-refractivity contribution in [3.05, 3.63) is 29.3 Å². The highest BCUT2D eigenvalue weighted by Gasteiger charge is 2.30. The zero-order chi connectivity index (χ0) is 15.6. The van der Waals surface area contributed by atoms with Gasteiger partial charge in [0.1, 0.15) is 0 Å². The van der Waals surface area contributed by atoms with Crippen molar-refractivity contribution in [1.82, 2.24) is 9.21 Å². The summed E-state index contributed by atoms with van der Waals surface area (Å²) in [5.41, 5.74) is 7.25. The molecule has 1 heterocycles. The minimum Gasteiger partial charge on any atom is -0.326 e. The molecule has 0 saturated carbocycles. The number of nitrogens with two attached hydrogens (primary N) is 1. The standard InChI is InChI=1S/C15H25N3O2S/c1-12(2)17-6-8-18(9-7-17)21(19,20)15-10-14(11-16)5-4-13(15)3/h4-5,10,12H,6-9,11,16H2,1-3H3. The molecule has 1 saturated heterocycles. The van der Waals surface area contributed by atoms with Gasteiger partial charge in [0.15, 0.2) is 0 Å². The van der Waals surface area contributed by atoms with Crippen molar-refractivity contribution in [2.75, 3.05) is 26.2 Å². The molecule has 1 aromatic rings. The fraction of sp³-hybridized carbons (Fsp3) is 0.600. The molecule has 0 radical (unpaired) electrons. The van der Waals surface area contributed by atoms with Gasteiger partial charge in [0, 0.05) is 38.8 Å². The molecule has 0 aliphatic carbocycles. The number of sulfonamides is 1. The Bertz CT molecular complexity index is 591. The van der Waals surface area contributed by atoms with Gasteiger partial charge in [-0.2, -0.15) is 4.31 Å². The highest BCUT2D eigenvalue weighted by molar-refractivity contribution is 7.89. The number of piperazine rings is 1. The first-order valence-electron chi connectivity index (χ1n) is 7.40. The Balaban J connectivity index is 2.23. The minimum atomic E-state index is -3.42. The van der Waals surface area contributed by atoms with E-state index >= 15 is 0 Å². The third kappa shape index (κ3) is 3.45. The first-order chi connectivity index (χ1) is 9.86. The van der Waals surface area contributed by atoms with Gasteiger partial charge in [-0.25, -0.2) is 8.42 Å². The van der Waals surface area contributed by atoms with E-state index in [4.69, 9.17) is 5.73 Å². The average Bonchev–Trinajstić information content (AvgIpc) is 2.47. The first kappa shape index (κ1) is 16.4. The Morgan fingerprint density at radius 1 is 1.19 bits per heavy atom. The highest BCUT2D eigenvalue weighted by Crippen LogP contribution is 2.22. The summed E-state index contributed by atoms with van der Waals surface area (Å²) in [6, 6.07) is 5.88. The van der Waals surface area contributed by atoms with Gasteiger partial charge in [-0.15, -0.1) is 0 Å². The maximum absolute atomic E-state index is 12.8. The molecule has 2 rings (SSSR count). The van der Waals surface area contributed by atoms with Crippen LogP contribution in [0, 0.1) is 6.92 Å². The number of aryl methyl sites for hydroxylation is 1. The van der Waals surface area contributed by atoms with Gasteiger partial charge in [-0.3, -0.25) is 4.90 Å². The second-order valence-corrected chi connectivity index (χ2v) is 7.74. The topological polar surface area (TPSA) is 66.6 Å². The fourth-order valence-electron chi connectivity index (χ4n) is 2.65. The van der Waals surface area contributed by atoms with Crippen molar-refractivity contribution in [2.24, 2.45) is 5.73 Å². The second-order valence-electron chi connectivity index (χ2n) is 5.84. The van der Waals surface area contributed by atoms with Crippen LogP contribution in [0.1, 0.15) is 25.0 Å². The van der Waals surface area contributed by atoms with Crippen LogP contribution in [-0.2, 0) is 16.6 Å². The molecular weight excluding hydrogens is 286 g/mol. The zero-order valence-corrected chi connectivity index (χ0v) is 13.9. The lowest BCUT2D eigenvalue weighted by atomic mass is 10.1. The molecule has 2 N–H and O–H groups in total. The van der Waals surface area contributed by atoms with E-state index in [-0.39, 0.29) is 0 Å². The summed E-state index contributed by atoms with van der Waals surface area (Å²) in [5.74, 6) is 0. The monoisotopic (exact) mass is 311 g/mol. The zero-order valence-electron chi connectivity index (χ0n) is 13.0. The quantitative estimate of drug-likeness (QED) is 0.906. The minimum absolute atomic E-state index is 0.351. The van der Waals surface area contributed by atoms with Crippen LogP contribution in [0.15, 0.2) is 23.1 Å². The average molecular weight is 311 g/mol. The van der Waals surface area contributed by atoms with Crippen LogP contribution >= 0.6 is 0 Å². The Morgan fingerprint density at radius 2 is 1.81 bits per heavy atom. The maximum Gasteiger partial charge on any atom is 0.243 e. The summed E-state index contributed by atoms with van der Waals surface area (Å²) in [7, 11) is -3.42. The van der Waals surface area contributed by atoms with E-state index in [2.05, 4.69) is 18.7 Å². The fourth-order valence-corrected chi connectivity index (χ4v) is 4.35. The van der Waals surface area contributed by atoms with Gasteiger partial charge in [0.05, 0.1) is 4.90 Å². The van der Waals surface area contributed by atoms with Crippen molar-refractivity contribution in [3.63, 3.8) is 0 Å². The van der Waals surface area contributed by atoms with E-state index < -0.39 is 10.0 Å². The van der Waals surface area contributed by atoms with Crippen LogP contribution in [0.2, 0.25) is 0 Å². The molecule has 1 aliphatic heterocycles. The first-order valence-corrected chi connectivity index (χ1v) is 8.84. The molecule has 5 nitrogen and oxygen atoms in total. The van der Waals surface area contributed by atoms with Gasteiger partial charge in [-0.05, 0) is 38.0 Å².